The Morgan fingerprint density at radius 1 is 0.889 bits per heavy atom. The quantitative estimate of drug-likeness (QED) is 0.625. The molecule has 2 nitrogen and oxygen atoms in total. The monoisotopic (exact) mass is 249 g/mol. The van der Waals surface area contributed by atoms with Crippen molar-refractivity contribution in [2.45, 2.75) is 57.5 Å². The number of aliphatic hydroxyl groups is 1. The number of benzene rings is 1. The van der Waals surface area contributed by atoms with Gasteiger partial charge in [0.05, 0.1) is 6.10 Å². The van der Waals surface area contributed by atoms with Gasteiger partial charge < -0.3 is 10.8 Å². The van der Waals surface area contributed by atoms with E-state index < -0.39 is 0 Å². The van der Waals surface area contributed by atoms with E-state index in [0.717, 1.165) is 19.3 Å². The predicted octanol–water partition coefficient (Wildman–Crippen LogP) is 3.28. The first-order valence-corrected chi connectivity index (χ1v) is 7.25. The molecule has 0 saturated carbocycles. The van der Waals surface area contributed by atoms with Crippen molar-refractivity contribution in [3.63, 3.8) is 0 Å². The SMILES string of the molecule is NCCC(O)CCCCCCCc1ccccc1. The fourth-order valence-electron chi connectivity index (χ4n) is 2.22. The van der Waals surface area contributed by atoms with Crippen LogP contribution >= 0.6 is 0 Å². The van der Waals surface area contributed by atoms with Crippen molar-refractivity contribution >= 4 is 0 Å². The highest BCUT2D eigenvalue weighted by Gasteiger charge is 2.01. The lowest BCUT2D eigenvalue weighted by Crippen LogP contribution is -2.12. The molecule has 102 valence electrons. The molecule has 0 bridgehead atoms. The van der Waals surface area contributed by atoms with Crippen molar-refractivity contribution in [3.8, 4) is 0 Å². The van der Waals surface area contributed by atoms with Crippen LogP contribution in [0.3, 0.4) is 0 Å². The average molecular weight is 249 g/mol. The summed E-state index contributed by atoms with van der Waals surface area (Å²) in [6.07, 6.45) is 8.88. The maximum Gasteiger partial charge on any atom is 0.0552 e. The maximum atomic E-state index is 9.52. The van der Waals surface area contributed by atoms with Gasteiger partial charge in [0, 0.05) is 0 Å². The standard InChI is InChI=1S/C16H27NO/c17-14-13-16(18)12-8-3-1-2-5-9-15-10-6-4-7-11-15/h4,6-7,10-11,16,18H,1-3,5,8-9,12-14,17H2. The summed E-state index contributed by atoms with van der Waals surface area (Å²) < 4.78 is 0. The molecule has 1 rings (SSSR count). The molecule has 0 aromatic heterocycles. The third kappa shape index (κ3) is 7.46. The van der Waals surface area contributed by atoms with E-state index in [2.05, 4.69) is 30.3 Å². The van der Waals surface area contributed by atoms with Crippen LogP contribution in [-0.2, 0) is 6.42 Å². The molecule has 2 heteroatoms. The first-order valence-electron chi connectivity index (χ1n) is 7.25. The van der Waals surface area contributed by atoms with Crippen LogP contribution in [0.25, 0.3) is 0 Å². The molecule has 3 N–H and O–H groups in total. The van der Waals surface area contributed by atoms with Crippen molar-refractivity contribution in [2.75, 3.05) is 6.54 Å². The van der Waals surface area contributed by atoms with E-state index in [1.807, 2.05) is 0 Å². The largest absolute Gasteiger partial charge is 0.393 e. The molecular weight excluding hydrogens is 222 g/mol. The van der Waals surface area contributed by atoms with Crippen LogP contribution in [0.5, 0.6) is 0 Å². The maximum absolute atomic E-state index is 9.52. The summed E-state index contributed by atoms with van der Waals surface area (Å²) in [7, 11) is 0. The summed E-state index contributed by atoms with van der Waals surface area (Å²) in [5.41, 5.74) is 6.84. The number of aliphatic hydroxyl groups excluding tert-OH is 1. The Bertz CT molecular complexity index is 286. The van der Waals surface area contributed by atoms with Gasteiger partial charge in [-0.05, 0) is 37.8 Å². The third-order valence-electron chi connectivity index (χ3n) is 3.35. The predicted molar refractivity (Wildman–Crippen MR) is 77.5 cm³/mol. The summed E-state index contributed by atoms with van der Waals surface area (Å²) in [5, 5.41) is 9.52. The number of aryl methyl sites for hydroxylation is 1. The highest BCUT2D eigenvalue weighted by molar-refractivity contribution is 5.14. The minimum Gasteiger partial charge on any atom is -0.393 e. The Balaban J connectivity index is 1.90. The van der Waals surface area contributed by atoms with Gasteiger partial charge in [0.1, 0.15) is 0 Å². The van der Waals surface area contributed by atoms with Crippen LogP contribution in [-0.4, -0.2) is 17.8 Å². The van der Waals surface area contributed by atoms with Crippen molar-refractivity contribution in [1.82, 2.24) is 0 Å². The molecule has 0 aliphatic rings. The lowest BCUT2D eigenvalue weighted by atomic mass is 10.0. The van der Waals surface area contributed by atoms with Gasteiger partial charge >= 0.3 is 0 Å². The average Bonchev–Trinajstić information content (AvgIpc) is 2.39. The van der Waals surface area contributed by atoms with Gasteiger partial charge in [-0.15, -0.1) is 0 Å². The van der Waals surface area contributed by atoms with Crippen molar-refractivity contribution in [3.05, 3.63) is 35.9 Å². The molecular formula is C16H27NO. The molecule has 1 unspecified atom stereocenters. The van der Waals surface area contributed by atoms with Crippen molar-refractivity contribution < 1.29 is 5.11 Å². The Labute approximate surface area is 111 Å². The van der Waals surface area contributed by atoms with Crippen LogP contribution in [0.15, 0.2) is 30.3 Å². The second-order valence-electron chi connectivity index (χ2n) is 5.02. The normalized spacial score (nSPS) is 12.6. The number of hydrogen-bond donors (Lipinski definition) is 2. The van der Waals surface area contributed by atoms with E-state index in [-0.39, 0.29) is 6.10 Å². The highest BCUT2D eigenvalue weighted by Crippen LogP contribution is 2.11. The molecule has 18 heavy (non-hydrogen) atoms. The lowest BCUT2D eigenvalue weighted by molar-refractivity contribution is 0.153. The summed E-state index contributed by atoms with van der Waals surface area (Å²) >= 11 is 0. The second kappa shape index (κ2) is 10.1. The van der Waals surface area contributed by atoms with Gasteiger partial charge in [-0.3, -0.25) is 0 Å². The van der Waals surface area contributed by atoms with Crippen molar-refractivity contribution in [1.29, 1.82) is 0 Å². The molecule has 1 aromatic carbocycles. The Hall–Kier alpha value is -0.860. The van der Waals surface area contributed by atoms with Gasteiger partial charge in [-0.2, -0.15) is 0 Å². The highest BCUT2D eigenvalue weighted by atomic mass is 16.3. The van der Waals surface area contributed by atoms with Crippen molar-refractivity contribution in [2.24, 2.45) is 5.73 Å². The van der Waals surface area contributed by atoms with Gasteiger partial charge in [0.25, 0.3) is 0 Å². The van der Waals surface area contributed by atoms with Gasteiger partial charge in [0.2, 0.25) is 0 Å². The van der Waals surface area contributed by atoms with Crippen LogP contribution in [0, 0.1) is 0 Å². The summed E-state index contributed by atoms with van der Waals surface area (Å²) in [6, 6.07) is 10.7. The summed E-state index contributed by atoms with van der Waals surface area (Å²) in [4.78, 5) is 0. The van der Waals surface area contributed by atoms with Gasteiger partial charge in [-0.25, -0.2) is 0 Å². The minimum atomic E-state index is -0.181. The molecule has 0 aliphatic carbocycles. The van der Waals surface area contributed by atoms with E-state index in [0.29, 0.717) is 6.54 Å². The molecule has 0 amide bonds. The Kier molecular flexibility index (Phi) is 8.53. The first-order chi connectivity index (χ1) is 8.83. The van der Waals surface area contributed by atoms with E-state index in [4.69, 9.17) is 5.73 Å². The number of unbranched alkanes of at least 4 members (excludes halogenated alkanes) is 4. The molecule has 1 aromatic rings. The molecule has 0 saturated heterocycles. The van der Waals surface area contributed by atoms with Crippen LogP contribution < -0.4 is 5.73 Å². The first kappa shape index (κ1) is 15.2. The zero-order chi connectivity index (χ0) is 13.1. The van der Waals surface area contributed by atoms with E-state index in [1.165, 1.54) is 37.7 Å². The number of nitrogens with two attached hydrogens (primary N) is 1. The molecule has 0 heterocycles. The van der Waals surface area contributed by atoms with Gasteiger partial charge in [-0.1, -0.05) is 56.0 Å². The van der Waals surface area contributed by atoms with E-state index >= 15 is 0 Å². The number of rotatable bonds is 10. The van der Waals surface area contributed by atoms with Crippen LogP contribution in [0.4, 0.5) is 0 Å². The van der Waals surface area contributed by atoms with Crippen LogP contribution in [0.2, 0.25) is 0 Å². The summed E-state index contributed by atoms with van der Waals surface area (Å²) in [6.45, 7) is 0.595. The zero-order valence-corrected chi connectivity index (χ0v) is 11.4. The minimum absolute atomic E-state index is 0.181. The molecule has 0 aliphatic heterocycles. The van der Waals surface area contributed by atoms with E-state index in [1.54, 1.807) is 0 Å². The Morgan fingerprint density at radius 2 is 1.56 bits per heavy atom. The lowest BCUT2D eigenvalue weighted by Gasteiger charge is -2.08. The van der Waals surface area contributed by atoms with E-state index in [9.17, 15) is 5.11 Å². The third-order valence-corrected chi connectivity index (χ3v) is 3.35. The molecule has 0 radical (unpaired) electrons. The Morgan fingerprint density at radius 3 is 2.28 bits per heavy atom. The molecule has 0 fully saturated rings. The van der Waals surface area contributed by atoms with Crippen LogP contribution in [0.1, 0.15) is 50.5 Å². The molecule has 1 atom stereocenters. The smallest absolute Gasteiger partial charge is 0.0552 e. The zero-order valence-electron chi connectivity index (χ0n) is 11.4. The fourth-order valence-corrected chi connectivity index (χ4v) is 2.22. The second-order valence-corrected chi connectivity index (χ2v) is 5.02. The fraction of sp³-hybridized carbons (Fsp3) is 0.625. The van der Waals surface area contributed by atoms with Gasteiger partial charge in [0.15, 0.2) is 0 Å². The number of hydrogen-bond acceptors (Lipinski definition) is 2. The summed E-state index contributed by atoms with van der Waals surface area (Å²) in [5.74, 6) is 0. The molecule has 0 spiro atoms. The topological polar surface area (TPSA) is 46.2 Å².